The number of amides is 2. The van der Waals surface area contributed by atoms with Crippen LogP contribution in [-0.2, 0) is 9.53 Å². The third-order valence-electron chi connectivity index (χ3n) is 4.10. The first-order valence-corrected chi connectivity index (χ1v) is 10.6. The Morgan fingerprint density at radius 1 is 0.731 bits per heavy atom. The molecule has 0 aliphatic carbocycles. The Hall–Kier alpha value is -1.26. The van der Waals surface area contributed by atoms with Crippen LogP contribution in [0, 0.1) is 0 Å². The minimum atomic E-state index is -0.465. The first kappa shape index (κ1) is 24.7. The first-order chi connectivity index (χ1) is 12.3. The quantitative estimate of drug-likeness (QED) is 0.383. The number of hydrogen-bond acceptors (Lipinski definition) is 3. The molecular formula is C21H42N2O3. The highest BCUT2D eigenvalue weighted by Crippen LogP contribution is 2.10. The number of rotatable bonds is 15. The van der Waals surface area contributed by atoms with E-state index in [1.54, 1.807) is 0 Å². The van der Waals surface area contributed by atoms with E-state index in [-0.39, 0.29) is 12.0 Å². The number of nitrogens with one attached hydrogen (secondary N) is 2. The lowest BCUT2D eigenvalue weighted by molar-refractivity contribution is -0.121. The summed E-state index contributed by atoms with van der Waals surface area (Å²) in [6, 6.07) is 0. The van der Waals surface area contributed by atoms with Crippen molar-refractivity contribution >= 4 is 12.0 Å². The molecule has 2 N–H and O–H groups in total. The topological polar surface area (TPSA) is 67.4 Å². The molecule has 0 spiro atoms. The monoisotopic (exact) mass is 370 g/mol. The van der Waals surface area contributed by atoms with Crippen LogP contribution in [-0.4, -0.2) is 30.7 Å². The molecule has 0 saturated carbocycles. The Kier molecular flexibility index (Phi) is 15.2. The summed E-state index contributed by atoms with van der Waals surface area (Å²) in [5.41, 5.74) is -0.465. The first-order valence-electron chi connectivity index (χ1n) is 10.6. The Labute approximate surface area is 161 Å². The number of hydrogen-bond donors (Lipinski definition) is 2. The number of ether oxygens (including phenoxy) is 1. The van der Waals surface area contributed by atoms with E-state index in [0.29, 0.717) is 19.5 Å². The zero-order valence-electron chi connectivity index (χ0n) is 17.6. The van der Waals surface area contributed by atoms with Crippen molar-refractivity contribution in [2.24, 2.45) is 0 Å². The number of unbranched alkanes of at least 4 members (excludes halogenated alkanes) is 9. The summed E-state index contributed by atoms with van der Waals surface area (Å²) in [6.45, 7) is 9.02. The van der Waals surface area contributed by atoms with Crippen molar-refractivity contribution in [1.29, 1.82) is 0 Å². The standard InChI is InChI=1S/C21H42N2O3/c1-5-6-7-8-9-10-11-12-13-16-19(24)22-17-14-15-18-23-20(25)26-21(2,3)4/h5-18H2,1-4H3,(H,22,24)(H,23,25). The Balaban J connectivity index is 3.33. The van der Waals surface area contributed by atoms with Crippen molar-refractivity contribution in [2.45, 2.75) is 110 Å². The molecule has 0 aromatic carbocycles. The van der Waals surface area contributed by atoms with Gasteiger partial charge in [0.25, 0.3) is 0 Å². The van der Waals surface area contributed by atoms with Crippen LogP contribution < -0.4 is 10.6 Å². The summed E-state index contributed by atoms with van der Waals surface area (Å²) in [6.07, 6.45) is 13.3. The van der Waals surface area contributed by atoms with Gasteiger partial charge in [-0.1, -0.05) is 58.3 Å². The molecular weight excluding hydrogens is 328 g/mol. The zero-order valence-corrected chi connectivity index (χ0v) is 17.6. The van der Waals surface area contributed by atoms with Gasteiger partial charge in [-0.05, 0) is 40.0 Å². The third-order valence-corrected chi connectivity index (χ3v) is 4.10. The second kappa shape index (κ2) is 16.0. The molecule has 0 radical (unpaired) electrons. The van der Waals surface area contributed by atoms with Gasteiger partial charge in [0.1, 0.15) is 5.60 Å². The van der Waals surface area contributed by atoms with Gasteiger partial charge in [0.2, 0.25) is 5.91 Å². The molecule has 0 rings (SSSR count). The predicted molar refractivity (Wildman–Crippen MR) is 108 cm³/mol. The molecule has 5 nitrogen and oxygen atoms in total. The van der Waals surface area contributed by atoms with Crippen LogP contribution in [0.2, 0.25) is 0 Å². The largest absolute Gasteiger partial charge is 0.444 e. The van der Waals surface area contributed by atoms with Crippen LogP contribution in [0.5, 0.6) is 0 Å². The second-order valence-corrected chi connectivity index (χ2v) is 8.06. The molecule has 26 heavy (non-hydrogen) atoms. The molecule has 0 atom stereocenters. The van der Waals surface area contributed by atoms with Crippen LogP contribution in [0.3, 0.4) is 0 Å². The Morgan fingerprint density at radius 2 is 1.23 bits per heavy atom. The normalized spacial score (nSPS) is 11.2. The van der Waals surface area contributed by atoms with E-state index in [1.165, 1.54) is 44.9 Å². The van der Waals surface area contributed by atoms with Gasteiger partial charge < -0.3 is 15.4 Å². The van der Waals surface area contributed by atoms with Crippen molar-refractivity contribution in [3.8, 4) is 0 Å². The van der Waals surface area contributed by atoms with Gasteiger partial charge in [-0.3, -0.25) is 4.79 Å². The van der Waals surface area contributed by atoms with Gasteiger partial charge in [-0.2, -0.15) is 0 Å². The molecule has 0 aliphatic rings. The van der Waals surface area contributed by atoms with Gasteiger partial charge in [0.05, 0.1) is 0 Å². The molecule has 2 amide bonds. The summed E-state index contributed by atoms with van der Waals surface area (Å²) >= 11 is 0. The van der Waals surface area contributed by atoms with E-state index in [1.807, 2.05) is 20.8 Å². The molecule has 0 saturated heterocycles. The van der Waals surface area contributed by atoms with Crippen molar-refractivity contribution in [3.63, 3.8) is 0 Å². The van der Waals surface area contributed by atoms with Crippen molar-refractivity contribution in [1.82, 2.24) is 10.6 Å². The minimum absolute atomic E-state index is 0.146. The smallest absolute Gasteiger partial charge is 0.407 e. The van der Waals surface area contributed by atoms with Crippen LogP contribution in [0.1, 0.15) is 105 Å². The maximum Gasteiger partial charge on any atom is 0.407 e. The molecule has 0 unspecified atom stereocenters. The van der Waals surface area contributed by atoms with E-state index in [4.69, 9.17) is 4.74 Å². The molecule has 0 fully saturated rings. The number of alkyl carbamates (subject to hydrolysis) is 1. The van der Waals surface area contributed by atoms with E-state index >= 15 is 0 Å². The average molecular weight is 371 g/mol. The van der Waals surface area contributed by atoms with Gasteiger partial charge in [0, 0.05) is 19.5 Å². The lowest BCUT2D eigenvalue weighted by Crippen LogP contribution is -2.33. The lowest BCUT2D eigenvalue weighted by atomic mass is 10.1. The van der Waals surface area contributed by atoms with Crippen LogP contribution in [0.15, 0.2) is 0 Å². The fourth-order valence-corrected chi connectivity index (χ4v) is 2.67. The van der Waals surface area contributed by atoms with Gasteiger partial charge in [-0.25, -0.2) is 4.79 Å². The summed E-state index contributed by atoms with van der Waals surface area (Å²) in [7, 11) is 0. The molecule has 0 bridgehead atoms. The number of carbonyl (C=O) groups excluding carboxylic acids is 2. The van der Waals surface area contributed by atoms with Gasteiger partial charge in [0.15, 0.2) is 0 Å². The van der Waals surface area contributed by atoms with Crippen molar-refractivity contribution in [2.75, 3.05) is 13.1 Å². The molecule has 0 aliphatic heterocycles. The summed E-state index contributed by atoms with van der Waals surface area (Å²) in [5.74, 6) is 0.146. The molecule has 5 heteroatoms. The highest BCUT2D eigenvalue weighted by molar-refractivity contribution is 5.75. The summed E-state index contributed by atoms with van der Waals surface area (Å²) in [5, 5.41) is 5.67. The van der Waals surface area contributed by atoms with E-state index < -0.39 is 5.60 Å². The van der Waals surface area contributed by atoms with E-state index in [9.17, 15) is 9.59 Å². The number of carbonyl (C=O) groups is 2. The van der Waals surface area contributed by atoms with Gasteiger partial charge in [-0.15, -0.1) is 0 Å². The molecule has 0 heterocycles. The zero-order chi connectivity index (χ0) is 19.7. The van der Waals surface area contributed by atoms with Crippen LogP contribution in [0.25, 0.3) is 0 Å². The van der Waals surface area contributed by atoms with Gasteiger partial charge >= 0.3 is 6.09 Å². The molecule has 0 aromatic heterocycles. The van der Waals surface area contributed by atoms with E-state index in [0.717, 1.165) is 25.7 Å². The third kappa shape index (κ3) is 19.1. The average Bonchev–Trinajstić information content (AvgIpc) is 2.55. The Bertz CT molecular complexity index is 365. The highest BCUT2D eigenvalue weighted by Gasteiger charge is 2.15. The SMILES string of the molecule is CCCCCCCCCCCC(=O)NCCCCNC(=O)OC(C)(C)C. The minimum Gasteiger partial charge on any atom is -0.444 e. The van der Waals surface area contributed by atoms with E-state index in [2.05, 4.69) is 17.6 Å². The molecule has 0 aromatic rings. The Morgan fingerprint density at radius 3 is 1.77 bits per heavy atom. The maximum atomic E-state index is 11.7. The molecule has 154 valence electrons. The predicted octanol–water partition coefficient (Wildman–Crippen LogP) is 5.33. The maximum absolute atomic E-state index is 11.7. The highest BCUT2D eigenvalue weighted by atomic mass is 16.6. The second-order valence-electron chi connectivity index (χ2n) is 8.06. The van der Waals surface area contributed by atoms with Crippen molar-refractivity contribution < 1.29 is 14.3 Å². The van der Waals surface area contributed by atoms with Crippen LogP contribution in [0.4, 0.5) is 4.79 Å². The fraction of sp³-hybridized carbons (Fsp3) is 0.905. The lowest BCUT2D eigenvalue weighted by Gasteiger charge is -2.19. The summed E-state index contributed by atoms with van der Waals surface area (Å²) in [4.78, 5) is 23.2. The summed E-state index contributed by atoms with van der Waals surface area (Å²) < 4.78 is 5.16. The van der Waals surface area contributed by atoms with Crippen molar-refractivity contribution in [3.05, 3.63) is 0 Å². The van der Waals surface area contributed by atoms with Crippen LogP contribution >= 0.6 is 0 Å². The fourth-order valence-electron chi connectivity index (χ4n) is 2.67.